The summed E-state index contributed by atoms with van der Waals surface area (Å²) in [6, 6.07) is 6.01. The number of methoxy groups -OCH3 is 1. The van der Waals surface area contributed by atoms with Crippen LogP contribution in [0.2, 0.25) is 0 Å². The number of benzene rings is 1. The summed E-state index contributed by atoms with van der Waals surface area (Å²) in [5, 5.41) is 0. The van der Waals surface area contributed by atoms with Crippen molar-refractivity contribution in [3.05, 3.63) is 23.8 Å². The van der Waals surface area contributed by atoms with Gasteiger partial charge < -0.3 is 19.3 Å². The number of ether oxygens (including phenoxy) is 2. The fourth-order valence-electron chi connectivity index (χ4n) is 3.80. The first-order valence-electron chi connectivity index (χ1n) is 9.46. The molecule has 0 aromatic heterocycles. The summed E-state index contributed by atoms with van der Waals surface area (Å²) in [4.78, 5) is 17.4. The van der Waals surface area contributed by atoms with Gasteiger partial charge >= 0.3 is 0 Å². The van der Waals surface area contributed by atoms with Crippen molar-refractivity contribution in [3.63, 3.8) is 0 Å². The Bertz CT molecular complexity index is 599. The molecule has 2 aliphatic rings. The number of carbonyl (C=O) groups is 1. The molecule has 25 heavy (non-hydrogen) atoms. The van der Waals surface area contributed by atoms with Gasteiger partial charge in [-0.1, -0.05) is 6.92 Å². The Morgan fingerprint density at radius 2 is 2.04 bits per heavy atom. The second-order valence-electron chi connectivity index (χ2n) is 7.15. The van der Waals surface area contributed by atoms with Crippen LogP contribution in [0.15, 0.2) is 18.2 Å². The highest BCUT2D eigenvalue weighted by atomic mass is 16.5. The minimum atomic E-state index is 0.0719. The number of hydrogen-bond acceptors (Lipinski definition) is 4. The number of carbonyl (C=O) groups excluding carboxylic acids is 1. The van der Waals surface area contributed by atoms with Crippen LogP contribution in [0.1, 0.15) is 49.4 Å². The van der Waals surface area contributed by atoms with E-state index in [4.69, 9.17) is 9.47 Å². The molecule has 0 radical (unpaired) electrons. The highest BCUT2D eigenvalue weighted by molar-refractivity contribution is 5.97. The molecule has 2 fully saturated rings. The zero-order valence-electron chi connectivity index (χ0n) is 15.7. The summed E-state index contributed by atoms with van der Waals surface area (Å²) >= 11 is 0. The molecule has 5 nitrogen and oxygen atoms in total. The second kappa shape index (κ2) is 8.09. The first kappa shape index (κ1) is 18.1. The zero-order chi connectivity index (χ0) is 17.8. The largest absolute Gasteiger partial charge is 0.497 e. The van der Waals surface area contributed by atoms with E-state index in [2.05, 4.69) is 18.9 Å². The summed E-state index contributed by atoms with van der Waals surface area (Å²) in [5.74, 6) is 1.47. The predicted octanol–water partition coefficient (Wildman–Crippen LogP) is 3.18. The third kappa shape index (κ3) is 4.09. The van der Waals surface area contributed by atoms with Crippen molar-refractivity contribution in [2.45, 2.75) is 51.2 Å². The van der Waals surface area contributed by atoms with Crippen LogP contribution in [0.4, 0.5) is 0 Å². The van der Waals surface area contributed by atoms with Gasteiger partial charge in [-0.2, -0.15) is 0 Å². The molecule has 1 aliphatic heterocycles. The van der Waals surface area contributed by atoms with E-state index >= 15 is 0 Å². The number of likely N-dealkylation sites (N-methyl/N-ethyl adjacent to an activating group) is 1. The van der Waals surface area contributed by atoms with Crippen molar-refractivity contribution >= 4 is 5.91 Å². The van der Waals surface area contributed by atoms with Crippen LogP contribution in [0, 0.1) is 0 Å². The van der Waals surface area contributed by atoms with E-state index in [1.807, 2.05) is 23.1 Å². The van der Waals surface area contributed by atoms with Gasteiger partial charge in [0.15, 0.2) is 0 Å². The first-order chi connectivity index (χ1) is 12.1. The van der Waals surface area contributed by atoms with E-state index in [0.717, 1.165) is 44.6 Å². The summed E-state index contributed by atoms with van der Waals surface area (Å²) in [6.45, 7) is 4.76. The summed E-state index contributed by atoms with van der Waals surface area (Å²) in [5.41, 5.74) is 0.660. The Kier molecular flexibility index (Phi) is 5.84. The summed E-state index contributed by atoms with van der Waals surface area (Å²) in [6.07, 6.45) is 5.79. The van der Waals surface area contributed by atoms with Crippen LogP contribution >= 0.6 is 0 Å². The molecule has 1 atom stereocenters. The minimum Gasteiger partial charge on any atom is -0.497 e. The average Bonchev–Trinajstić information content (AvgIpc) is 3.32. The predicted molar refractivity (Wildman–Crippen MR) is 98.5 cm³/mol. The van der Waals surface area contributed by atoms with Gasteiger partial charge in [0.25, 0.3) is 5.91 Å². The van der Waals surface area contributed by atoms with Gasteiger partial charge in [0.1, 0.15) is 11.5 Å². The van der Waals surface area contributed by atoms with Crippen molar-refractivity contribution in [2.75, 3.05) is 33.8 Å². The minimum absolute atomic E-state index is 0.0719. The molecule has 1 saturated heterocycles. The zero-order valence-corrected chi connectivity index (χ0v) is 15.7. The molecular weight excluding hydrogens is 316 g/mol. The van der Waals surface area contributed by atoms with E-state index in [1.165, 1.54) is 12.8 Å². The fraction of sp³-hybridized carbons (Fsp3) is 0.650. The van der Waals surface area contributed by atoms with Gasteiger partial charge in [-0.15, -0.1) is 0 Å². The van der Waals surface area contributed by atoms with Gasteiger partial charge in [-0.25, -0.2) is 0 Å². The number of hydrogen-bond donors (Lipinski definition) is 0. The number of amides is 1. The first-order valence-corrected chi connectivity index (χ1v) is 9.46. The lowest BCUT2D eigenvalue weighted by molar-refractivity contribution is 0.0773. The number of likely N-dealkylation sites (tertiary alicyclic amines) is 1. The molecule has 138 valence electrons. The van der Waals surface area contributed by atoms with Crippen molar-refractivity contribution in [2.24, 2.45) is 0 Å². The van der Waals surface area contributed by atoms with E-state index in [-0.39, 0.29) is 12.0 Å². The van der Waals surface area contributed by atoms with Crippen molar-refractivity contribution < 1.29 is 14.3 Å². The standard InChI is InChI=1S/C20H30N2O3/c1-4-21(2)15-11-12-22(14-15)20(23)18-10-9-17(24-3)13-19(18)25-16-7-5-6-8-16/h9-10,13,15-16H,4-8,11-12,14H2,1-3H3. The SMILES string of the molecule is CCN(C)C1CCN(C(=O)c2ccc(OC)cc2OC2CCCC2)C1. The third-order valence-electron chi connectivity index (χ3n) is 5.59. The van der Waals surface area contributed by atoms with Crippen LogP contribution in [0.25, 0.3) is 0 Å². The van der Waals surface area contributed by atoms with Crippen molar-refractivity contribution in [1.82, 2.24) is 9.80 Å². The molecule has 5 heteroatoms. The van der Waals surface area contributed by atoms with Crippen LogP contribution < -0.4 is 9.47 Å². The smallest absolute Gasteiger partial charge is 0.257 e. The molecule has 1 saturated carbocycles. The Labute approximate surface area is 150 Å². The molecule has 1 unspecified atom stereocenters. The van der Waals surface area contributed by atoms with Crippen LogP contribution in [-0.2, 0) is 0 Å². The molecule has 0 bridgehead atoms. The average molecular weight is 346 g/mol. The van der Waals surface area contributed by atoms with Crippen molar-refractivity contribution in [3.8, 4) is 11.5 Å². The molecule has 1 aromatic rings. The highest BCUT2D eigenvalue weighted by Gasteiger charge is 2.31. The normalized spacial score (nSPS) is 21.1. The van der Waals surface area contributed by atoms with Gasteiger partial charge in [-0.05, 0) is 57.8 Å². The van der Waals surface area contributed by atoms with E-state index in [9.17, 15) is 4.79 Å². The van der Waals surface area contributed by atoms with E-state index in [1.54, 1.807) is 7.11 Å². The van der Waals surface area contributed by atoms with Crippen LogP contribution in [0.3, 0.4) is 0 Å². The lowest BCUT2D eigenvalue weighted by atomic mass is 10.1. The van der Waals surface area contributed by atoms with Gasteiger partial charge in [0.2, 0.25) is 0 Å². The fourth-order valence-corrected chi connectivity index (χ4v) is 3.80. The van der Waals surface area contributed by atoms with Crippen LogP contribution in [-0.4, -0.2) is 61.6 Å². The molecular formula is C20H30N2O3. The summed E-state index contributed by atoms with van der Waals surface area (Å²) in [7, 11) is 3.77. The third-order valence-corrected chi connectivity index (χ3v) is 5.59. The highest BCUT2D eigenvalue weighted by Crippen LogP contribution is 2.31. The number of nitrogens with zero attached hydrogens (tertiary/aromatic N) is 2. The maximum absolute atomic E-state index is 13.1. The van der Waals surface area contributed by atoms with Gasteiger partial charge in [0, 0.05) is 25.2 Å². The quantitative estimate of drug-likeness (QED) is 0.793. The Morgan fingerprint density at radius 1 is 1.28 bits per heavy atom. The molecule has 1 aromatic carbocycles. The Balaban J connectivity index is 1.77. The Hall–Kier alpha value is -1.75. The molecule has 1 aliphatic carbocycles. The monoisotopic (exact) mass is 346 g/mol. The van der Waals surface area contributed by atoms with Crippen LogP contribution in [0.5, 0.6) is 11.5 Å². The van der Waals surface area contributed by atoms with Gasteiger partial charge in [-0.3, -0.25) is 4.79 Å². The lowest BCUT2D eigenvalue weighted by Gasteiger charge is -2.24. The van der Waals surface area contributed by atoms with E-state index < -0.39 is 0 Å². The summed E-state index contributed by atoms with van der Waals surface area (Å²) < 4.78 is 11.5. The van der Waals surface area contributed by atoms with E-state index in [0.29, 0.717) is 17.4 Å². The maximum Gasteiger partial charge on any atom is 0.257 e. The topological polar surface area (TPSA) is 42.0 Å². The molecule has 1 amide bonds. The molecule has 3 rings (SSSR count). The lowest BCUT2D eigenvalue weighted by Crippen LogP contribution is -2.36. The molecule has 1 heterocycles. The van der Waals surface area contributed by atoms with Crippen molar-refractivity contribution in [1.29, 1.82) is 0 Å². The van der Waals surface area contributed by atoms with Gasteiger partial charge in [0.05, 0.1) is 18.8 Å². The number of rotatable bonds is 6. The maximum atomic E-state index is 13.1. The second-order valence-corrected chi connectivity index (χ2v) is 7.15. The Morgan fingerprint density at radius 3 is 2.72 bits per heavy atom. The molecule has 0 spiro atoms. The molecule has 0 N–H and O–H groups in total.